The summed E-state index contributed by atoms with van der Waals surface area (Å²) in [6, 6.07) is 11.5. The molecule has 1 aliphatic rings. The summed E-state index contributed by atoms with van der Waals surface area (Å²) in [5.41, 5.74) is 1.81. The van der Waals surface area contributed by atoms with Crippen molar-refractivity contribution in [1.29, 1.82) is 0 Å². The number of benzene rings is 2. The molecule has 0 radical (unpaired) electrons. The summed E-state index contributed by atoms with van der Waals surface area (Å²) < 4.78 is 24.8. The maximum atomic E-state index is 12.4. The van der Waals surface area contributed by atoms with Gasteiger partial charge in [-0.3, -0.25) is 9.59 Å². The lowest BCUT2D eigenvalue weighted by atomic mass is 10.1. The van der Waals surface area contributed by atoms with Crippen LogP contribution < -0.4 is 9.62 Å². The average molecular weight is 379 g/mol. The molecular weight excluding hydrogens is 364 g/mol. The fraction of sp³-hybridized carbons (Fsp3) is 0.176. The lowest BCUT2D eigenvalue weighted by Crippen LogP contribution is -2.29. The van der Waals surface area contributed by atoms with E-state index < -0.39 is 21.8 Å². The predicted octanol–water partition coefficient (Wildman–Crippen LogP) is 2.97. The number of nitrogens with one attached hydrogen (secondary N) is 1. The number of hydrogen-bond acceptors (Lipinski definition) is 4. The van der Waals surface area contributed by atoms with Gasteiger partial charge in [-0.25, -0.2) is 12.7 Å². The highest BCUT2D eigenvalue weighted by molar-refractivity contribution is 7.94. The smallest absolute Gasteiger partial charge is 0.255 e. The van der Waals surface area contributed by atoms with Gasteiger partial charge in [0.15, 0.2) is 0 Å². The van der Waals surface area contributed by atoms with Crippen LogP contribution in [0.15, 0.2) is 42.5 Å². The van der Waals surface area contributed by atoms with Gasteiger partial charge in [-0.15, -0.1) is 0 Å². The molecule has 0 saturated carbocycles. The van der Waals surface area contributed by atoms with Crippen molar-refractivity contribution in [2.75, 3.05) is 15.4 Å². The number of anilines is 2. The van der Waals surface area contributed by atoms with Gasteiger partial charge in [0.2, 0.25) is 15.9 Å². The molecule has 1 N–H and O–H groups in total. The molecule has 1 aliphatic heterocycles. The first-order chi connectivity index (χ1) is 11.8. The second-order valence-corrected chi connectivity index (χ2v) is 8.06. The number of nitrogens with zero attached hydrogens (tertiary/aromatic N) is 1. The first kappa shape index (κ1) is 17.4. The van der Waals surface area contributed by atoms with E-state index in [2.05, 4.69) is 5.32 Å². The number of halogens is 1. The molecule has 0 atom stereocenters. The van der Waals surface area contributed by atoms with Gasteiger partial charge in [-0.1, -0.05) is 23.7 Å². The van der Waals surface area contributed by atoms with Gasteiger partial charge in [0, 0.05) is 17.7 Å². The highest BCUT2D eigenvalue weighted by Gasteiger charge is 2.37. The molecule has 25 heavy (non-hydrogen) atoms. The number of hydrogen-bond donors (Lipinski definition) is 1. The third-order valence-electron chi connectivity index (χ3n) is 3.78. The van der Waals surface area contributed by atoms with Crippen LogP contribution in [-0.4, -0.2) is 26.0 Å². The van der Waals surface area contributed by atoms with Crippen LogP contribution in [0.2, 0.25) is 5.02 Å². The van der Waals surface area contributed by atoms with E-state index >= 15 is 0 Å². The van der Waals surface area contributed by atoms with Gasteiger partial charge in [-0.2, -0.15) is 0 Å². The van der Waals surface area contributed by atoms with Gasteiger partial charge < -0.3 is 5.32 Å². The maximum absolute atomic E-state index is 12.4. The maximum Gasteiger partial charge on any atom is 0.255 e. The van der Waals surface area contributed by atoms with E-state index in [9.17, 15) is 18.0 Å². The van der Waals surface area contributed by atoms with Crippen molar-refractivity contribution < 1.29 is 18.0 Å². The molecule has 130 valence electrons. The largest absolute Gasteiger partial charge is 0.322 e. The topological polar surface area (TPSA) is 83.6 Å². The summed E-state index contributed by atoms with van der Waals surface area (Å²) in [5.74, 6) is -1.24. The minimum atomic E-state index is -3.75. The molecule has 2 aromatic rings. The van der Waals surface area contributed by atoms with Crippen molar-refractivity contribution in [3.05, 3.63) is 58.6 Å². The van der Waals surface area contributed by atoms with Crippen LogP contribution in [0.1, 0.15) is 22.3 Å². The van der Waals surface area contributed by atoms with Crippen LogP contribution in [0.5, 0.6) is 0 Å². The van der Waals surface area contributed by atoms with Crippen LogP contribution in [0.3, 0.4) is 0 Å². The molecular formula is C17H15ClN2O4S. The monoisotopic (exact) mass is 378 g/mol. The Morgan fingerprint density at radius 1 is 1.20 bits per heavy atom. The molecule has 0 spiro atoms. The van der Waals surface area contributed by atoms with Crippen LogP contribution in [0, 0.1) is 6.92 Å². The molecule has 0 unspecified atom stereocenters. The Hall–Kier alpha value is -2.38. The molecule has 0 bridgehead atoms. The van der Waals surface area contributed by atoms with E-state index in [4.69, 9.17) is 11.6 Å². The van der Waals surface area contributed by atoms with Crippen molar-refractivity contribution >= 4 is 44.8 Å². The van der Waals surface area contributed by atoms with E-state index in [-0.39, 0.29) is 28.4 Å². The SMILES string of the molecule is Cc1cccc(NC(=O)c2ccc(Cl)c(N3C(=O)CCS3(=O)=O)c2)c1. The highest BCUT2D eigenvalue weighted by atomic mass is 35.5. The summed E-state index contributed by atoms with van der Waals surface area (Å²) in [4.78, 5) is 24.4. The Balaban J connectivity index is 1.94. The van der Waals surface area contributed by atoms with E-state index in [1.165, 1.54) is 18.2 Å². The lowest BCUT2D eigenvalue weighted by molar-refractivity contribution is -0.116. The summed E-state index contributed by atoms with van der Waals surface area (Å²) >= 11 is 6.06. The lowest BCUT2D eigenvalue weighted by Gasteiger charge is -2.17. The van der Waals surface area contributed by atoms with Gasteiger partial charge in [-0.05, 0) is 42.8 Å². The summed E-state index contributed by atoms with van der Waals surface area (Å²) in [5, 5.41) is 2.82. The predicted molar refractivity (Wildman–Crippen MR) is 96.5 cm³/mol. The minimum Gasteiger partial charge on any atom is -0.322 e. The summed E-state index contributed by atoms with van der Waals surface area (Å²) in [6.45, 7) is 1.90. The minimum absolute atomic E-state index is 0.000980. The van der Waals surface area contributed by atoms with Gasteiger partial charge in [0.25, 0.3) is 5.91 Å². The fourth-order valence-corrected chi connectivity index (χ4v) is 4.30. The standard InChI is InChI=1S/C17H15ClN2O4S/c1-11-3-2-4-13(9-11)19-17(22)12-5-6-14(18)15(10-12)20-16(21)7-8-25(20,23)24/h2-6,9-10H,7-8H2,1H3,(H,19,22). The molecule has 0 aromatic heterocycles. The molecule has 2 aromatic carbocycles. The first-order valence-corrected chi connectivity index (χ1v) is 9.50. The van der Waals surface area contributed by atoms with Crippen LogP contribution in [-0.2, 0) is 14.8 Å². The first-order valence-electron chi connectivity index (χ1n) is 7.51. The number of sulfonamides is 1. The Morgan fingerprint density at radius 3 is 2.60 bits per heavy atom. The summed E-state index contributed by atoms with van der Waals surface area (Å²) in [6.07, 6.45) is -0.0988. The van der Waals surface area contributed by atoms with Crippen LogP contribution in [0.25, 0.3) is 0 Å². The zero-order valence-corrected chi connectivity index (χ0v) is 14.9. The van der Waals surface area contributed by atoms with E-state index in [0.29, 0.717) is 9.99 Å². The number of aryl methyl sites for hydroxylation is 1. The third kappa shape index (κ3) is 3.52. The number of carbonyl (C=O) groups is 2. The molecule has 2 amide bonds. The molecule has 3 rings (SSSR count). The van der Waals surface area contributed by atoms with Gasteiger partial charge in [0.05, 0.1) is 16.5 Å². The average Bonchev–Trinajstić information content (AvgIpc) is 2.81. The van der Waals surface area contributed by atoms with Crippen LogP contribution in [0.4, 0.5) is 11.4 Å². The van der Waals surface area contributed by atoms with Crippen molar-refractivity contribution in [1.82, 2.24) is 0 Å². The van der Waals surface area contributed by atoms with E-state index in [0.717, 1.165) is 5.56 Å². The molecule has 1 heterocycles. The zero-order valence-electron chi connectivity index (χ0n) is 13.3. The number of amides is 2. The quantitative estimate of drug-likeness (QED) is 0.889. The van der Waals surface area contributed by atoms with Crippen molar-refractivity contribution in [2.24, 2.45) is 0 Å². The Bertz CT molecular complexity index is 972. The Kier molecular flexibility index (Phi) is 4.53. The fourth-order valence-electron chi connectivity index (χ4n) is 2.58. The van der Waals surface area contributed by atoms with E-state index in [1.54, 1.807) is 6.07 Å². The van der Waals surface area contributed by atoms with Crippen molar-refractivity contribution in [3.8, 4) is 0 Å². The highest BCUT2D eigenvalue weighted by Crippen LogP contribution is 2.33. The number of rotatable bonds is 3. The second-order valence-electron chi connectivity index (χ2n) is 5.71. The van der Waals surface area contributed by atoms with Crippen molar-refractivity contribution in [2.45, 2.75) is 13.3 Å². The van der Waals surface area contributed by atoms with Gasteiger partial charge in [0.1, 0.15) is 0 Å². The summed E-state index contributed by atoms with van der Waals surface area (Å²) in [7, 11) is -3.75. The molecule has 1 saturated heterocycles. The Morgan fingerprint density at radius 2 is 1.96 bits per heavy atom. The molecule has 0 aliphatic carbocycles. The third-order valence-corrected chi connectivity index (χ3v) is 5.78. The second kappa shape index (κ2) is 6.50. The Labute approximate surface area is 150 Å². The van der Waals surface area contributed by atoms with Crippen LogP contribution >= 0.6 is 11.6 Å². The van der Waals surface area contributed by atoms with Crippen molar-refractivity contribution in [3.63, 3.8) is 0 Å². The molecule has 8 heteroatoms. The van der Waals surface area contributed by atoms with Gasteiger partial charge >= 0.3 is 0 Å². The molecule has 1 fully saturated rings. The van der Waals surface area contributed by atoms with E-state index in [1.807, 2.05) is 25.1 Å². The molecule has 6 nitrogen and oxygen atoms in total. The normalized spacial score (nSPS) is 16.1. The number of carbonyl (C=O) groups excluding carboxylic acids is 2. The zero-order chi connectivity index (χ0) is 18.2.